The molecule has 0 bridgehead atoms. The molecule has 2 amide bonds. The van der Waals surface area contributed by atoms with Crippen LogP contribution in [0, 0.1) is 11.7 Å². The maximum Gasteiger partial charge on any atom is 0.337 e. The zero-order valence-electron chi connectivity index (χ0n) is 16.3. The lowest BCUT2D eigenvalue weighted by atomic mass is 10.1. The molecule has 9 heteroatoms. The summed E-state index contributed by atoms with van der Waals surface area (Å²) in [4.78, 5) is 50.2. The van der Waals surface area contributed by atoms with Crippen LogP contribution in [0.4, 0.5) is 15.8 Å². The largest absolute Gasteiger partial charge is 0.465 e. The Morgan fingerprint density at radius 2 is 1.57 bits per heavy atom. The molecule has 156 valence electrons. The van der Waals surface area contributed by atoms with Crippen molar-refractivity contribution in [3.8, 4) is 0 Å². The molecule has 8 nitrogen and oxygen atoms in total. The average Bonchev–Trinajstić information content (AvgIpc) is 3.14. The Kier molecular flexibility index (Phi) is 6.10. The Morgan fingerprint density at radius 1 is 1.00 bits per heavy atom. The maximum absolute atomic E-state index is 13.1. The van der Waals surface area contributed by atoms with E-state index >= 15 is 0 Å². The lowest BCUT2D eigenvalue weighted by molar-refractivity contribution is -0.122. The Labute approximate surface area is 171 Å². The first-order valence-electron chi connectivity index (χ1n) is 9.01. The fourth-order valence-electron chi connectivity index (χ4n) is 3.17. The van der Waals surface area contributed by atoms with Crippen molar-refractivity contribution in [3.63, 3.8) is 0 Å². The van der Waals surface area contributed by atoms with Gasteiger partial charge in [0.1, 0.15) is 5.82 Å². The number of halogens is 1. The summed E-state index contributed by atoms with van der Waals surface area (Å²) in [5, 5.41) is 2.63. The normalized spacial score (nSPS) is 15.6. The van der Waals surface area contributed by atoms with Gasteiger partial charge in [0.25, 0.3) is 0 Å². The Balaban J connectivity index is 1.78. The van der Waals surface area contributed by atoms with Crippen LogP contribution >= 0.6 is 0 Å². The quantitative estimate of drug-likeness (QED) is 0.754. The third-order valence-electron chi connectivity index (χ3n) is 4.68. The van der Waals surface area contributed by atoms with Gasteiger partial charge in [0.15, 0.2) is 0 Å². The summed E-state index contributed by atoms with van der Waals surface area (Å²) < 4.78 is 22.5. The molecular formula is C21H19FN2O6. The number of benzene rings is 2. The standard InChI is InChI=1S/C21H19FN2O6/c1-29-20(27)12-7-13(21(28)30-2)9-16(8-12)23-19(26)14-10-18(25)24(11-14)17-5-3-15(22)4-6-17/h3-9,14H,10-11H2,1-2H3,(H,23,26). The highest BCUT2D eigenvalue weighted by atomic mass is 19.1. The van der Waals surface area contributed by atoms with E-state index in [0.717, 1.165) is 0 Å². The van der Waals surface area contributed by atoms with E-state index in [9.17, 15) is 23.6 Å². The lowest BCUT2D eigenvalue weighted by Crippen LogP contribution is -2.28. The van der Waals surface area contributed by atoms with Crippen molar-refractivity contribution in [2.24, 2.45) is 5.92 Å². The molecule has 2 aromatic carbocycles. The molecule has 1 N–H and O–H groups in total. The molecule has 1 aliphatic heterocycles. The van der Waals surface area contributed by atoms with Crippen LogP contribution in [0.1, 0.15) is 27.1 Å². The van der Waals surface area contributed by atoms with Crippen molar-refractivity contribution in [1.29, 1.82) is 0 Å². The predicted octanol–water partition coefficient (Wildman–Crippen LogP) is 2.39. The minimum Gasteiger partial charge on any atom is -0.465 e. The summed E-state index contributed by atoms with van der Waals surface area (Å²) in [5.74, 6) is -3.17. The Morgan fingerprint density at radius 3 is 2.10 bits per heavy atom. The van der Waals surface area contributed by atoms with Gasteiger partial charge in [-0.3, -0.25) is 9.59 Å². The summed E-state index contributed by atoms with van der Waals surface area (Å²) in [7, 11) is 2.39. The van der Waals surface area contributed by atoms with Crippen LogP contribution in [0.15, 0.2) is 42.5 Å². The summed E-state index contributed by atoms with van der Waals surface area (Å²) in [6.45, 7) is 0.122. The zero-order valence-corrected chi connectivity index (χ0v) is 16.3. The molecule has 30 heavy (non-hydrogen) atoms. The second-order valence-corrected chi connectivity index (χ2v) is 6.65. The third kappa shape index (κ3) is 4.45. The number of anilines is 2. The number of rotatable bonds is 5. The molecule has 0 saturated carbocycles. The molecule has 0 aliphatic carbocycles. The van der Waals surface area contributed by atoms with E-state index in [1.54, 1.807) is 0 Å². The Hall–Kier alpha value is -3.75. The number of hydrogen-bond donors (Lipinski definition) is 1. The third-order valence-corrected chi connectivity index (χ3v) is 4.68. The maximum atomic E-state index is 13.1. The second-order valence-electron chi connectivity index (χ2n) is 6.65. The molecule has 3 rings (SSSR count). The molecule has 1 saturated heterocycles. The lowest BCUT2D eigenvalue weighted by Gasteiger charge is -2.17. The van der Waals surface area contributed by atoms with Crippen molar-refractivity contribution >= 4 is 35.1 Å². The predicted molar refractivity (Wildman–Crippen MR) is 105 cm³/mol. The second kappa shape index (κ2) is 8.73. The van der Waals surface area contributed by atoms with Crippen molar-refractivity contribution in [1.82, 2.24) is 0 Å². The number of ether oxygens (including phenoxy) is 2. The van der Waals surface area contributed by atoms with Crippen LogP contribution in [0.2, 0.25) is 0 Å². The van der Waals surface area contributed by atoms with Crippen LogP contribution in [0.5, 0.6) is 0 Å². The molecule has 0 radical (unpaired) electrons. The zero-order chi connectivity index (χ0) is 21.8. The first kappa shape index (κ1) is 21.0. The summed E-state index contributed by atoms with van der Waals surface area (Å²) >= 11 is 0. The van der Waals surface area contributed by atoms with Crippen LogP contribution in [-0.4, -0.2) is 44.5 Å². The smallest absolute Gasteiger partial charge is 0.337 e. The van der Waals surface area contributed by atoms with E-state index in [0.29, 0.717) is 5.69 Å². The minimum absolute atomic E-state index is 0.0240. The van der Waals surface area contributed by atoms with Gasteiger partial charge in [0.2, 0.25) is 11.8 Å². The van der Waals surface area contributed by atoms with Crippen LogP contribution in [-0.2, 0) is 19.1 Å². The molecule has 1 fully saturated rings. The highest BCUT2D eigenvalue weighted by Crippen LogP contribution is 2.27. The van der Waals surface area contributed by atoms with Gasteiger partial charge in [-0.25, -0.2) is 14.0 Å². The average molecular weight is 414 g/mol. The molecular weight excluding hydrogens is 395 g/mol. The minimum atomic E-state index is -0.685. The number of methoxy groups -OCH3 is 2. The number of nitrogens with zero attached hydrogens (tertiary/aromatic N) is 1. The van der Waals surface area contributed by atoms with Crippen LogP contribution in [0.3, 0.4) is 0 Å². The molecule has 2 aromatic rings. The van der Waals surface area contributed by atoms with E-state index in [1.807, 2.05) is 0 Å². The summed E-state index contributed by atoms with van der Waals surface area (Å²) in [6.07, 6.45) is -0.0240. The van der Waals surface area contributed by atoms with Crippen molar-refractivity contribution in [2.45, 2.75) is 6.42 Å². The Bertz CT molecular complexity index is 971. The van der Waals surface area contributed by atoms with Crippen molar-refractivity contribution < 1.29 is 33.0 Å². The molecule has 1 aliphatic rings. The monoisotopic (exact) mass is 414 g/mol. The first-order chi connectivity index (χ1) is 14.3. The topological polar surface area (TPSA) is 102 Å². The molecule has 1 unspecified atom stereocenters. The number of esters is 2. The number of carbonyl (C=O) groups is 4. The van der Waals surface area contributed by atoms with E-state index in [-0.39, 0.29) is 35.7 Å². The molecule has 1 heterocycles. The van der Waals surface area contributed by atoms with E-state index in [2.05, 4.69) is 14.8 Å². The number of hydrogen-bond acceptors (Lipinski definition) is 6. The fourth-order valence-corrected chi connectivity index (χ4v) is 3.17. The van der Waals surface area contributed by atoms with E-state index in [4.69, 9.17) is 0 Å². The molecule has 0 spiro atoms. The first-order valence-corrected chi connectivity index (χ1v) is 9.01. The van der Waals surface area contributed by atoms with Crippen molar-refractivity contribution in [3.05, 3.63) is 59.4 Å². The number of nitrogens with one attached hydrogen (secondary N) is 1. The molecule has 1 atom stereocenters. The van der Waals surface area contributed by atoms with Crippen LogP contribution < -0.4 is 10.2 Å². The van der Waals surface area contributed by atoms with Gasteiger partial charge in [-0.05, 0) is 42.5 Å². The van der Waals surface area contributed by atoms with E-state index in [1.165, 1.54) is 61.6 Å². The van der Waals surface area contributed by atoms with Crippen LogP contribution in [0.25, 0.3) is 0 Å². The number of carbonyl (C=O) groups excluding carboxylic acids is 4. The molecule has 0 aromatic heterocycles. The van der Waals surface area contributed by atoms with Gasteiger partial charge >= 0.3 is 11.9 Å². The SMILES string of the molecule is COC(=O)c1cc(NC(=O)C2CC(=O)N(c3ccc(F)cc3)C2)cc(C(=O)OC)c1. The summed E-state index contributed by atoms with van der Waals surface area (Å²) in [6, 6.07) is 9.44. The summed E-state index contributed by atoms with van der Waals surface area (Å²) in [5.41, 5.74) is 0.811. The highest BCUT2D eigenvalue weighted by molar-refractivity contribution is 6.04. The van der Waals surface area contributed by atoms with Gasteiger partial charge in [-0.2, -0.15) is 0 Å². The number of amides is 2. The van der Waals surface area contributed by atoms with Gasteiger partial charge in [-0.1, -0.05) is 0 Å². The van der Waals surface area contributed by atoms with Gasteiger partial charge in [-0.15, -0.1) is 0 Å². The fraction of sp³-hybridized carbons (Fsp3) is 0.238. The van der Waals surface area contributed by atoms with Gasteiger partial charge in [0.05, 0.1) is 31.3 Å². The van der Waals surface area contributed by atoms with Gasteiger partial charge < -0.3 is 19.7 Å². The van der Waals surface area contributed by atoms with Gasteiger partial charge in [0, 0.05) is 24.3 Å². The van der Waals surface area contributed by atoms with E-state index < -0.39 is 29.6 Å². The van der Waals surface area contributed by atoms with Crippen molar-refractivity contribution in [2.75, 3.05) is 31.0 Å². The highest BCUT2D eigenvalue weighted by Gasteiger charge is 2.35.